The molecule has 0 radical (unpaired) electrons. The van der Waals surface area contributed by atoms with Crippen molar-refractivity contribution in [2.75, 3.05) is 32.7 Å². The average Bonchev–Trinajstić information content (AvgIpc) is 2.26. The molecule has 4 nitrogen and oxygen atoms in total. The summed E-state index contributed by atoms with van der Waals surface area (Å²) >= 11 is 1.84. The van der Waals surface area contributed by atoms with Gasteiger partial charge in [0.1, 0.15) is 0 Å². The van der Waals surface area contributed by atoms with Gasteiger partial charge >= 0.3 is 5.97 Å². The molecule has 0 aliphatic rings. The molecular weight excluding hydrogens is 228 g/mol. The second kappa shape index (κ2) is 11.2. The molecule has 1 N–H and O–H groups in total. The third-order valence-electron chi connectivity index (χ3n) is 2.12. The highest BCUT2D eigenvalue weighted by atomic mass is 32.2. The van der Waals surface area contributed by atoms with E-state index in [-0.39, 0.29) is 6.42 Å². The fourth-order valence-corrected chi connectivity index (χ4v) is 1.35. The van der Waals surface area contributed by atoms with Crippen molar-refractivity contribution in [3.8, 4) is 0 Å². The molecule has 0 saturated heterocycles. The van der Waals surface area contributed by atoms with Crippen LogP contribution in [0.3, 0.4) is 0 Å². The topological polar surface area (TPSA) is 55.8 Å². The van der Waals surface area contributed by atoms with Crippen LogP contribution in [0.25, 0.3) is 0 Å². The first kappa shape index (κ1) is 15.7. The minimum Gasteiger partial charge on any atom is -0.481 e. The molecule has 0 spiro atoms. The van der Waals surface area contributed by atoms with Gasteiger partial charge in [0, 0.05) is 24.9 Å². The number of hydrogen-bond donors (Lipinski definition) is 1. The number of carboxylic acids is 1. The molecule has 0 aromatic rings. The van der Waals surface area contributed by atoms with E-state index < -0.39 is 5.97 Å². The highest BCUT2D eigenvalue weighted by molar-refractivity contribution is 7.99. The van der Waals surface area contributed by atoms with Crippen molar-refractivity contribution in [3.05, 3.63) is 0 Å². The SMILES string of the molecule is CSC(C)CCOCCOCCCC(=O)O. The van der Waals surface area contributed by atoms with E-state index in [0.717, 1.165) is 13.0 Å². The molecule has 16 heavy (non-hydrogen) atoms. The normalized spacial score (nSPS) is 12.6. The van der Waals surface area contributed by atoms with Crippen molar-refractivity contribution in [1.82, 2.24) is 0 Å². The first-order chi connectivity index (χ1) is 7.66. The van der Waals surface area contributed by atoms with Gasteiger partial charge in [0.05, 0.1) is 13.2 Å². The van der Waals surface area contributed by atoms with Crippen LogP contribution in [0, 0.1) is 0 Å². The number of ether oxygens (including phenoxy) is 2. The molecule has 0 amide bonds. The summed E-state index contributed by atoms with van der Waals surface area (Å²) in [4.78, 5) is 10.2. The zero-order valence-corrected chi connectivity index (χ0v) is 10.9. The Morgan fingerprint density at radius 2 is 1.88 bits per heavy atom. The lowest BCUT2D eigenvalue weighted by atomic mass is 10.3. The fourth-order valence-electron chi connectivity index (χ4n) is 1.01. The van der Waals surface area contributed by atoms with Crippen LogP contribution in [0.2, 0.25) is 0 Å². The average molecular weight is 250 g/mol. The molecule has 5 heteroatoms. The molecule has 96 valence electrons. The summed E-state index contributed by atoms with van der Waals surface area (Å²) in [6.45, 7) is 4.58. The van der Waals surface area contributed by atoms with Crippen LogP contribution in [0.1, 0.15) is 26.2 Å². The molecule has 0 bridgehead atoms. The number of carbonyl (C=O) groups is 1. The highest BCUT2D eigenvalue weighted by Gasteiger charge is 1.99. The smallest absolute Gasteiger partial charge is 0.303 e. The lowest BCUT2D eigenvalue weighted by Gasteiger charge is -2.08. The summed E-state index contributed by atoms with van der Waals surface area (Å²) in [5.41, 5.74) is 0. The quantitative estimate of drug-likeness (QED) is 0.569. The lowest BCUT2D eigenvalue weighted by Crippen LogP contribution is -2.09. The van der Waals surface area contributed by atoms with Crippen LogP contribution >= 0.6 is 11.8 Å². The monoisotopic (exact) mass is 250 g/mol. The Hall–Kier alpha value is -0.260. The minimum atomic E-state index is -0.772. The molecule has 0 aromatic heterocycles. The Balaban J connectivity index is 3.01. The van der Waals surface area contributed by atoms with Crippen molar-refractivity contribution >= 4 is 17.7 Å². The maximum atomic E-state index is 10.2. The van der Waals surface area contributed by atoms with Crippen molar-refractivity contribution in [1.29, 1.82) is 0 Å². The van der Waals surface area contributed by atoms with Gasteiger partial charge in [0.2, 0.25) is 0 Å². The summed E-state index contributed by atoms with van der Waals surface area (Å²) < 4.78 is 10.6. The van der Waals surface area contributed by atoms with Gasteiger partial charge in [-0.05, 0) is 19.1 Å². The lowest BCUT2D eigenvalue weighted by molar-refractivity contribution is -0.137. The van der Waals surface area contributed by atoms with Crippen molar-refractivity contribution in [3.63, 3.8) is 0 Å². The molecule has 0 rings (SSSR count). The molecule has 0 aromatic carbocycles. The van der Waals surface area contributed by atoms with E-state index >= 15 is 0 Å². The van der Waals surface area contributed by atoms with E-state index in [1.54, 1.807) is 0 Å². The highest BCUT2D eigenvalue weighted by Crippen LogP contribution is 2.08. The predicted octanol–water partition coefficient (Wildman–Crippen LogP) is 2.03. The Morgan fingerprint density at radius 1 is 1.25 bits per heavy atom. The van der Waals surface area contributed by atoms with E-state index in [9.17, 15) is 4.79 Å². The van der Waals surface area contributed by atoms with Gasteiger partial charge in [-0.3, -0.25) is 4.79 Å². The van der Waals surface area contributed by atoms with Gasteiger partial charge in [0.15, 0.2) is 0 Å². The number of hydrogen-bond acceptors (Lipinski definition) is 4. The number of carboxylic acid groups (broad SMARTS) is 1. The molecule has 0 aliphatic heterocycles. The second-order valence-corrected chi connectivity index (χ2v) is 4.83. The van der Waals surface area contributed by atoms with Crippen molar-refractivity contribution in [2.24, 2.45) is 0 Å². The molecular formula is C11H22O4S. The summed E-state index contributed by atoms with van der Waals surface area (Å²) in [7, 11) is 0. The minimum absolute atomic E-state index is 0.173. The van der Waals surface area contributed by atoms with Crippen LogP contribution in [0.15, 0.2) is 0 Å². The molecule has 1 atom stereocenters. The summed E-state index contributed by atoms with van der Waals surface area (Å²) in [5, 5.41) is 9.01. The Morgan fingerprint density at radius 3 is 2.44 bits per heavy atom. The zero-order chi connectivity index (χ0) is 12.2. The molecule has 1 unspecified atom stereocenters. The summed E-state index contributed by atoms with van der Waals surface area (Å²) in [6.07, 6.45) is 3.89. The second-order valence-electron chi connectivity index (χ2n) is 3.56. The van der Waals surface area contributed by atoms with E-state index in [1.165, 1.54) is 0 Å². The van der Waals surface area contributed by atoms with Crippen LogP contribution in [-0.2, 0) is 14.3 Å². The van der Waals surface area contributed by atoms with E-state index in [0.29, 0.717) is 31.5 Å². The standard InChI is InChI=1S/C11H22O4S/c1-10(16-2)5-7-15-9-8-14-6-3-4-11(12)13/h10H,3-9H2,1-2H3,(H,12,13). The largest absolute Gasteiger partial charge is 0.481 e. The van der Waals surface area contributed by atoms with Crippen LogP contribution in [-0.4, -0.2) is 49.0 Å². The fraction of sp³-hybridized carbons (Fsp3) is 0.909. The Labute approximate surface area is 102 Å². The van der Waals surface area contributed by atoms with Gasteiger partial charge < -0.3 is 14.6 Å². The number of aliphatic carboxylic acids is 1. The van der Waals surface area contributed by atoms with E-state index in [2.05, 4.69) is 13.2 Å². The van der Waals surface area contributed by atoms with Gasteiger partial charge in [-0.1, -0.05) is 6.92 Å². The van der Waals surface area contributed by atoms with Crippen LogP contribution in [0.5, 0.6) is 0 Å². The van der Waals surface area contributed by atoms with Crippen molar-refractivity contribution in [2.45, 2.75) is 31.4 Å². The number of rotatable bonds is 11. The van der Waals surface area contributed by atoms with Crippen LogP contribution < -0.4 is 0 Å². The molecule has 0 heterocycles. The third kappa shape index (κ3) is 11.8. The van der Waals surface area contributed by atoms with E-state index in [1.807, 2.05) is 11.8 Å². The van der Waals surface area contributed by atoms with E-state index in [4.69, 9.17) is 14.6 Å². The number of thioether (sulfide) groups is 1. The maximum Gasteiger partial charge on any atom is 0.303 e. The van der Waals surface area contributed by atoms with Gasteiger partial charge in [-0.15, -0.1) is 0 Å². The first-order valence-corrected chi connectivity index (χ1v) is 6.85. The van der Waals surface area contributed by atoms with Crippen LogP contribution in [0.4, 0.5) is 0 Å². The zero-order valence-electron chi connectivity index (χ0n) is 10.1. The van der Waals surface area contributed by atoms with Gasteiger partial charge in [-0.25, -0.2) is 0 Å². The van der Waals surface area contributed by atoms with Gasteiger partial charge in [-0.2, -0.15) is 11.8 Å². The van der Waals surface area contributed by atoms with Gasteiger partial charge in [0.25, 0.3) is 0 Å². The first-order valence-electron chi connectivity index (χ1n) is 5.57. The van der Waals surface area contributed by atoms with Crippen molar-refractivity contribution < 1.29 is 19.4 Å². The summed E-state index contributed by atoms with van der Waals surface area (Å²) in [6, 6.07) is 0. The predicted molar refractivity (Wildman–Crippen MR) is 66.1 cm³/mol. The Kier molecular flexibility index (Phi) is 11.0. The molecule has 0 aliphatic carbocycles. The maximum absolute atomic E-state index is 10.2. The summed E-state index contributed by atoms with van der Waals surface area (Å²) in [5.74, 6) is -0.772. The molecule has 0 fully saturated rings. The Bertz CT molecular complexity index is 175. The third-order valence-corrected chi connectivity index (χ3v) is 3.16. The molecule has 0 saturated carbocycles.